The van der Waals surface area contributed by atoms with Crippen LogP contribution in [0.4, 0.5) is 15.9 Å². The number of nitrogens with zero attached hydrogens (tertiary/aromatic N) is 4. The van der Waals surface area contributed by atoms with E-state index in [0.29, 0.717) is 33.8 Å². The predicted molar refractivity (Wildman–Crippen MR) is 105 cm³/mol. The highest BCUT2D eigenvalue weighted by Crippen LogP contribution is 2.33. The molecule has 0 amide bonds. The minimum Gasteiger partial charge on any atom is -0.388 e. The molecule has 2 aromatic carbocycles. The lowest BCUT2D eigenvalue weighted by Crippen LogP contribution is -2.02. The Kier molecular flexibility index (Phi) is 4.33. The molecular formula is C20H17FN6. The van der Waals surface area contributed by atoms with Crippen LogP contribution in [0.3, 0.4) is 0 Å². The zero-order valence-electron chi connectivity index (χ0n) is 14.9. The number of aromatic nitrogens is 4. The fourth-order valence-corrected chi connectivity index (χ4v) is 2.96. The second-order valence-electron chi connectivity index (χ2n) is 5.89. The Labute approximate surface area is 155 Å². The van der Waals surface area contributed by atoms with E-state index in [1.165, 1.54) is 0 Å². The van der Waals surface area contributed by atoms with E-state index in [2.05, 4.69) is 30.6 Å². The molecule has 0 radical (unpaired) electrons. The molecular weight excluding hydrogens is 343 g/mol. The van der Waals surface area contributed by atoms with Gasteiger partial charge in [-0.1, -0.05) is 12.1 Å². The highest BCUT2D eigenvalue weighted by Gasteiger charge is 2.17. The maximum Gasteiger partial charge on any atom is 0.182 e. The van der Waals surface area contributed by atoms with Crippen LogP contribution in [0.5, 0.6) is 0 Å². The predicted octanol–water partition coefficient (Wildman–Crippen LogP) is 3.98. The van der Waals surface area contributed by atoms with Gasteiger partial charge in [-0.15, -0.1) is 0 Å². The molecule has 134 valence electrons. The van der Waals surface area contributed by atoms with Crippen LogP contribution in [0.1, 0.15) is 0 Å². The molecule has 0 spiro atoms. The SMILES string of the molecule is CNc1cccc(-c2ccc3nc(-c4cnccn4)nc(NC)c3c2F)c1. The van der Waals surface area contributed by atoms with Crippen molar-refractivity contribution in [2.75, 3.05) is 24.7 Å². The van der Waals surface area contributed by atoms with E-state index in [0.717, 1.165) is 11.3 Å². The Morgan fingerprint density at radius 2 is 1.85 bits per heavy atom. The third kappa shape index (κ3) is 3.03. The molecule has 6 nitrogen and oxygen atoms in total. The Morgan fingerprint density at radius 3 is 2.59 bits per heavy atom. The number of benzene rings is 2. The zero-order chi connectivity index (χ0) is 18.8. The number of rotatable bonds is 4. The van der Waals surface area contributed by atoms with Crippen molar-refractivity contribution in [1.82, 2.24) is 19.9 Å². The first-order valence-electron chi connectivity index (χ1n) is 8.44. The van der Waals surface area contributed by atoms with Crippen molar-refractivity contribution in [3.63, 3.8) is 0 Å². The fraction of sp³-hybridized carbons (Fsp3) is 0.100. The normalized spacial score (nSPS) is 10.8. The van der Waals surface area contributed by atoms with Gasteiger partial charge in [-0.2, -0.15) is 0 Å². The molecule has 2 N–H and O–H groups in total. The second kappa shape index (κ2) is 6.95. The van der Waals surface area contributed by atoms with Crippen molar-refractivity contribution in [3.05, 3.63) is 60.8 Å². The minimum atomic E-state index is -0.365. The van der Waals surface area contributed by atoms with Gasteiger partial charge in [0.05, 0.1) is 17.1 Å². The molecule has 7 heteroatoms. The van der Waals surface area contributed by atoms with Crippen molar-refractivity contribution in [2.45, 2.75) is 0 Å². The fourth-order valence-electron chi connectivity index (χ4n) is 2.96. The first kappa shape index (κ1) is 16.8. The second-order valence-corrected chi connectivity index (χ2v) is 5.89. The molecule has 27 heavy (non-hydrogen) atoms. The first-order chi connectivity index (χ1) is 13.2. The van der Waals surface area contributed by atoms with E-state index in [9.17, 15) is 0 Å². The number of hydrogen-bond acceptors (Lipinski definition) is 6. The Balaban J connectivity index is 1.92. The first-order valence-corrected chi connectivity index (χ1v) is 8.44. The number of hydrogen-bond donors (Lipinski definition) is 2. The quantitative estimate of drug-likeness (QED) is 0.573. The highest BCUT2D eigenvalue weighted by molar-refractivity contribution is 5.94. The van der Waals surface area contributed by atoms with E-state index >= 15 is 4.39 Å². The van der Waals surface area contributed by atoms with Gasteiger partial charge >= 0.3 is 0 Å². The van der Waals surface area contributed by atoms with Crippen LogP contribution in [0.2, 0.25) is 0 Å². The molecule has 2 aromatic heterocycles. The lowest BCUT2D eigenvalue weighted by Gasteiger charge is -2.12. The summed E-state index contributed by atoms with van der Waals surface area (Å²) in [6.45, 7) is 0. The maximum absolute atomic E-state index is 15.4. The molecule has 0 bridgehead atoms. The highest BCUT2D eigenvalue weighted by atomic mass is 19.1. The molecule has 0 saturated heterocycles. The largest absolute Gasteiger partial charge is 0.388 e. The number of fused-ring (bicyclic) bond motifs is 1. The van der Waals surface area contributed by atoms with Gasteiger partial charge in [-0.25, -0.2) is 19.3 Å². The monoisotopic (exact) mass is 360 g/mol. The molecule has 4 aromatic rings. The van der Waals surface area contributed by atoms with Gasteiger partial charge in [0.2, 0.25) is 0 Å². The molecule has 2 heterocycles. The summed E-state index contributed by atoms with van der Waals surface area (Å²) >= 11 is 0. The van der Waals surface area contributed by atoms with Crippen LogP contribution < -0.4 is 10.6 Å². The maximum atomic E-state index is 15.4. The van der Waals surface area contributed by atoms with Gasteiger partial charge < -0.3 is 10.6 Å². The third-order valence-electron chi connectivity index (χ3n) is 4.29. The summed E-state index contributed by atoms with van der Waals surface area (Å²) in [5.41, 5.74) is 3.21. The van der Waals surface area contributed by atoms with E-state index in [4.69, 9.17) is 0 Å². The molecule has 0 aliphatic carbocycles. The van der Waals surface area contributed by atoms with Crippen LogP contribution >= 0.6 is 0 Å². The topological polar surface area (TPSA) is 75.6 Å². The number of nitrogens with one attached hydrogen (secondary N) is 2. The van der Waals surface area contributed by atoms with Crippen molar-refractivity contribution < 1.29 is 4.39 Å². The lowest BCUT2D eigenvalue weighted by molar-refractivity contribution is 0.643. The smallest absolute Gasteiger partial charge is 0.182 e. The summed E-state index contributed by atoms with van der Waals surface area (Å²) in [4.78, 5) is 17.2. The lowest BCUT2D eigenvalue weighted by atomic mass is 10.0. The third-order valence-corrected chi connectivity index (χ3v) is 4.29. The van der Waals surface area contributed by atoms with Gasteiger partial charge in [-0.3, -0.25) is 4.98 Å². The van der Waals surface area contributed by atoms with Crippen molar-refractivity contribution in [3.8, 4) is 22.6 Å². The van der Waals surface area contributed by atoms with E-state index < -0.39 is 0 Å². The summed E-state index contributed by atoms with van der Waals surface area (Å²) < 4.78 is 15.4. The van der Waals surface area contributed by atoms with Crippen LogP contribution in [0.15, 0.2) is 55.0 Å². The standard InChI is InChI=1S/C20H17FN6/c1-22-13-5-3-4-12(10-13)14-6-7-15-17(18(14)21)20(23-2)27-19(26-15)16-11-24-8-9-25-16/h3-11,22H,1-2H3,(H,23,26,27). The van der Waals surface area contributed by atoms with E-state index in [1.807, 2.05) is 31.3 Å². The minimum absolute atomic E-state index is 0.345. The van der Waals surface area contributed by atoms with Crippen LogP contribution in [0.25, 0.3) is 33.5 Å². The van der Waals surface area contributed by atoms with Crippen molar-refractivity contribution in [1.29, 1.82) is 0 Å². The average Bonchev–Trinajstić information content (AvgIpc) is 2.73. The molecule has 4 rings (SSSR count). The number of halogens is 1. The summed E-state index contributed by atoms with van der Waals surface area (Å²) in [6.07, 6.45) is 4.73. The summed E-state index contributed by atoms with van der Waals surface area (Å²) in [5.74, 6) is 0.435. The number of anilines is 2. The molecule has 0 aliphatic rings. The Morgan fingerprint density at radius 1 is 0.963 bits per heavy atom. The van der Waals surface area contributed by atoms with Gasteiger partial charge in [0.1, 0.15) is 17.3 Å². The van der Waals surface area contributed by atoms with Crippen LogP contribution in [-0.2, 0) is 0 Å². The van der Waals surface area contributed by atoms with Crippen LogP contribution in [0, 0.1) is 5.82 Å². The van der Waals surface area contributed by atoms with Gasteiger partial charge in [0.25, 0.3) is 0 Å². The summed E-state index contributed by atoms with van der Waals surface area (Å²) in [5, 5.41) is 6.39. The summed E-state index contributed by atoms with van der Waals surface area (Å²) in [6, 6.07) is 11.1. The van der Waals surface area contributed by atoms with Gasteiger partial charge in [-0.05, 0) is 29.8 Å². The molecule has 0 unspecified atom stereocenters. The molecule has 0 saturated carbocycles. The molecule has 0 atom stereocenters. The van der Waals surface area contributed by atoms with Crippen molar-refractivity contribution in [2.24, 2.45) is 0 Å². The van der Waals surface area contributed by atoms with Gasteiger partial charge in [0, 0.05) is 37.7 Å². The van der Waals surface area contributed by atoms with E-state index in [1.54, 1.807) is 37.8 Å². The summed E-state index contributed by atoms with van der Waals surface area (Å²) in [7, 11) is 3.53. The van der Waals surface area contributed by atoms with Crippen LogP contribution in [-0.4, -0.2) is 34.0 Å². The van der Waals surface area contributed by atoms with Crippen molar-refractivity contribution >= 4 is 22.4 Å². The van der Waals surface area contributed by atoms with E-state index in [-0.39, 0.29) is 5.82 Å². The Bertz CT molecular complexity index is 1110. The molecule has 0 aliphatic heterocycles. The average molecular weight is 360 g/mol. The van der Waals surface area contributed by atoms with Gasteiger partial charge in [0.15, 0.2) is 5.82 Å². The Hall–Kier alpha value is -3.61. The molecule has 0 fully saturated rings. The zero-order valence-corrected chi connectivity index (χ0v) is 14.9.